The molecule has 174 valence electrons. The maximum absolute atomic E-state index is 12.9. The van der Waals surface area contributed by atoms with Gasteiger partial charge >= 0.3 is 12.1 Å². The van der Waals surface area contributed by atoms with Crippen LogP contribution in [-0.2, 0) is 6.42 Å². The maximum atomic E-state index is 12.9. The van der Waals surface area contributed by atoms with Gasteiger partial charge in [0.2, 0.25) is 0 Å². The minimum absolute atomic E-state index is 0.109. The van der Waals surface area contributed by atoms with E-state index in [4.69, 9.17) is 0 Å². The predicted molar refractivity (Wildman–Crippen MR) is 125 cm³/mol. The summed E-state index contributed by atoms with van der Waals surface area (Å²) in [7, 11) is -0.396. The Hall–Kier alpha value is -1.23. The van der Waals surface area contributed by atoms with Crippen molar-refractivity contribution in [3.05, 3.63) is 41.9 Å². The van der Waals surface area contributed by atoms with Gasteiger partial charge in [0.1, 0.15) is 5.75 Å². The van der Waals surface area contributed by atoms with Gasteiger partial charge in [0.25, 0.3) is 0 Å². The summed E-state index contributed by atoms with van der Waals surface area (Å²) >= 11 is 0. The standard InChI is InChI=1S/C26H39F3OSi/c1-2-3-4-17-31-18-15-23(16-19-31)22-11-7-20(8-12-22)5-6-21-9-13-24(14-10-21)30-26(29)25(27)28/h9-10,13-14,20,22-23,31H,2-8,11-12,15-19H2,1H3/t20-,22-,23?,31?. The zero-order valence-electron chi connectivity index (χ0n) is 19.1. The van der Waals surface area contributed by atoms with Crippen molar-refractivity contribution in [3.63, 3.8) is 0 Å². The lowest BCUT2D eigenvalue weighted by Crippen LogP contribution is -2.28. The molecule has 31 heavy (non-hydrogen) atoms. The Labute approximate surface area is 188 Å². The van der Waals surface area contributed by atoms with Crippen molar-refractivity contribution in [3.8, 4) is 5.75 Å². The Morgan fingerprint density at radius 1 is 0.903 bits per heavy atom. The van der Waals surface area contributed by atoms with Gasteiger partial charge in [-0.3, -0.25) is 0 Å². The van der Waals surface area contributed by atoms with Gasteiger partial charge in [-0.15, -0.1) is 0 Å². The van der Waals surface area contributed by atoms with Gasteiger partial charge in [-0.2, -0.15) is 13.2 Å². The van der Waals surface area contributed by atoms with Gasteiger partial charge in [0.15, 0.2) is 0 Å². The molecular weight excluding hydrogens is 413 g/mol. The number of halogens is 3. The van der Waals surface area contributed by atoms with Crippen molar-refractivity contribution >= 4 is 8.80 Å². The summed E-state index contributed by atoms with van der Waals surface area (Å²) in [4.78, 5) is 0. The average molecular weight is 453 g/mol. The minimum atomic E-state index is -2.43. The molecule has 1 aliphatic carbocycles. The first-order chi connectivity index (χ1) is 15.0. The first-order valence-corrected chi connectivity index (χ1v) is 15.0. The first kappa shape index (κ1) is 24.4. The van der Waals surface area contributed by atoms with Gasteiger partial charge in [-0.1, -0.05) is 82.1 Å². The smallest absolute Gasteiger partial charge is 0.344 e. The van der Waals surface area contributed by atoms with Crippen molar-refractivity contribution < 1.29 is 17.9 Å². The molecule has 5 heteroatoms. The summed E-state index contributed by atoms with van der Waals surface area (Å²) < 4.78 is 41.6. The highest BCUT2D eigenvalue weighted by atomic mass is 28.3. The second-order valence-corrected chi connectivity index (χ2v) is 13.3. The number of ether oxygens (including phenoxy) is 1. The number of hydrogen-bond donors (Lipinski definition) is 0. The third-order valence-corrected chi connectivity index (χ3v) is 11.3. The molecule has 0 unspecified atom stereocenters. The quantitative estimate of drug-likeness (QED) is 0.196. The van der Waals surface area contributed by atoms with Crippen LogP contribution < -0.4 is 4.74 Å². The highest BCUT2D eigenvalue weighted by Crippen LogP contribution is 2.42. The largest absolute Gasteiger partial charge is 0.428 e. The van der Waals surface area contributed by atoms with E-state index in [0.29, 0.717) is 0 Å². The molecule has 0 radical (unpaired) electrons. The van der Waals surface area contributed by atoms with Crippen LogP contribution in [0.1, 0.15) is 76.7 Å². The van der Waals surface area contributed by atoms with Crippen LogP contribution in [0.25, 0.3) is 0 Å². The van der Waals surface area contributed by atoms with E-state index in [1.54, 1.807) is 30.3 Å². The van der Waals surface area contributed by atoms with Gasteiger partial charge in [-0.05, 0) is 61.1 Å². The fraction of sp³-hybridized carbons (Fsp3) is 0.692. The molecule has 1 aromatic carbocycles. The van der Waals surface area contributed by atoms with Gasteiger partial charge in [0.05, 0.1) is 0 Å². The maximum Gasteiger partial charge on any atom is 0.344 e. The average Bonchev–Trinajstić information content (AvgIpc) is 2.79. The fourth-order valence-electron chi connectivity index (χ4n) is 5.82. The lowest BCUT2D eigenvalue weighted by molar-refractivity contribution is 0.186. The van der Waals surface area contributed by atoms with Crippen LogP contribution >= 0.6 is 0 Å². The highest BCUT2D eigenvalue weighted by molar-refractivity contribution is 6.58. The number of hydrogen-bond acceptors (Lipinski definition) is 1. The zero-order valence-corrected chi connectivity index (χ0v) is 20.2. The Morgan fingerprint density at radius 2 is 1.55 bits per heavy atom. The van der Waals surface area contributed by atoms with Crippen molar-refractivity contribution in [2.24, 2.45) is 17.8 Å². The molecule has 0 aromatic heterocycles. The van der Waals surface area contributed by atoms with Gasteiger partial charge in [0, 0.05) is 8.80 Å². The van der Waals surface area contributed by atoms with Crippen molar-refractivity contribution in [1.29, 1.82) is 0 Å². The van der Waals surface area contributed by atoms with Crippen molar-refractivity contribution in [1.82, 2.24) is 0 Å². The van der Waals surface area contributed by atoms with Crippen LogP contribution in [0, 0.1) is 17.8 Å². The molecule has 3 rings (SSSR count). The van der Waals surface area contributed by atoms with Crippen LogP contribution in [-0.4, -0.2) is 8.80 Å². The molecule has 0 bridgehead atoms. The van der Waals surface area contributed by atoms with Crippen LogP contribution in [0.5, 0.6) is 5.75 Å². The van der Waals surface area contributed by atoms with Crippen LogP contribution in [0.2, 0.25) is 18.1 Å². The van der Waals surface area contributed by atoms with Crippen molar-refractivity contribution in [2.45, 2.75) is 95.7 Å². The lowest BCUT2D eigenvalue weighted by atomic mass is 9.73. The number of benzene rings is 1. The van der Waals surface area contributed by atoms with E-state index in [-0.39, 0.29) is 5.75 Å². The molecule has 2 aliphatic rings. The zero-order chi connectivity index (χ0) is 22.1. The number of unbranched alkanes of at least 4 members (excludes halogenated alkanes) is 2. The van der Waals surface area contributed by atoms with E-state index in [9.17, 15) is 13.2 Å². The Balaban J connectivity index is 1.33. The molecular formula is C26H39F3OSi. The fourth-order valence-corrected chi connectivity index (χ4v) is 9.35. The Kier molecular flexibility index (Phi) is 10.0. The van der Waals surface area contributed by atoms with E-state index in [0.717, 1.165) is 29.7 Å². The van der Waals surface area contributed by atoms with Gasteiger partial charge < -0.3 is 4.74 Å². The first-order valence-electron chi connectivity index (χ1n) is 12.5. The minimum Gasteiger partial charge on any atom is -0.428 e. The normalized spacial score (nSPS) is 26.5. The summed E-state index contributed by atoms with van der Waals surface area (Å²) in [6, 6.07) is 9.82. The molecule has 1 saturated heterocycles. The molecule has 1 heterocycles. The lowest BCUT2D eigenvalue weighted by Gasteiger charge is -2.37. The number of rotatable bonds is 10. The summed E-state index contributed by atoms with van der Waals surface area (Å²) in [5.41, 5.74) is 1.16. The molecule has 0 amide bonds. The molecule has 0 N–H and O–H groups in total. The molecule has 0 spiro atoms. The summed E-state index contributed by atoms with van der Waals surface area (Å²) in [5, 5.41) is 0. The Bertz CT molecular complexity index is 670. The molecule has 2 fully saturated rings. The summed E-state index contributed by atoms with van der Waals surface area (Å²) in [6.45, 7) is 2.31. The van der Waals surface area contributed by atoms with Crippen molar-refractivity contribution in [2.75, 3.05) is 0 Å². The molecule has 1 saturated carbocycles. The molecule has 1 aromatic rings. The van der Waals surface area contributed by atoms with E-state index in [1.165, 1.54) is 64.2 Å². The van der Waals surface area contributed by atoms with Crippen LogP contribution in [0.3, 0.4) is 0 Å². The molecule has 1 aliphatic heterocycles. The van der Waals surface area contributed by atoms with E-state index in [2.05, 4.69) is 11.7 Å². The monoisotopic (exact) mass is 452 g/mol. The van der Waals surface area contributed by atoms with E-state index >= 15 is 0 Å². The third kappa shape index (κ3) is 8.00. The SMILES string of the molecule is CCCCC[SiH]1CCC([C@H]2CC[C@H](CCc3ccc(OC(F)=C(F)F)cc3)CC2)CC1. The second kappa shape index (κ2) is 12.7. The van der Waals surface area contributed by atoms with Gasteiger partial charge in [-0.25, -0.2) is 0 Å². The summed E-state index contributed by atoms with van der Waals surface area (Å²) in [6.07, 6.45) is 12.6. The molecule has 1 nitrogen and oxygen atoms in total. The third-order valence-electron chi connectivity index (χ3n) is 7.79. The number of aryl methyl sites for hydroxylation is 1. The Morgan fingerprint density at radius 3 is 2.16 bits per heavy atom. The molecule has 0 atom stereocenters. The highest BCUT2D eigenvalue weighted by Gasteiger charge is 2.30. The van der Waals surface area contributed by atoms with E-state index in [1.807, 2.05) is 12.1 Å². The second-order valence-electron chi connectivity index (χ2n) is 9.88. The topological polar surface area (TPSA) is 9.23 Å². The van der Waals surface area contributed by atoms with Crippen LogP contribution in [0.15, 0.2) is 36.4 Å². The summed E-state index contributed by atoms with van der Waals surface area (Å²) in [5.74, 6) is 2.88. The predicted octanol–water partition coefficient (Wildman–Crippen LogP) is 8.67. The van der Waals surface area contributed by atoms with E-state index < -0.39 is 20.9 Å². The van der Waals surface area contributed by atoms with Crippen LogP contribution in [0.4, 0.5) is 13.2 Å².